The van der Waals surface area contributed by atoms with Gasteiger partial charge in [-0.2, -0.15) is 0 Å². The second-order valence-electron chi connectivity index (χ2n) is 11.8. The second-order valence-corrected chi connectivity index (χ2v) is 12.8. The van der Waals surface area contributed by atoms with Crippen molar-refractivity contribution in [2.24, 2.45) is 4.99 Å². The molecular weight excluding hydrogens is 640 g/mol. The minimum absolute atomic E-state index is 0.180. The average Bonchev–Trinajstić information content (AvgIpc) is 3.42. The van der Waals surface area contributed by atoms with Crippen molar-refractivity contribution in [3.05, 3.63) is 156 Å². The number of esters is 1. The fourth-order valence-electron chi connectivity index (χ4n) is 5.71. The Morgan fingerprint density at radius 1 is 0.918 bits per heavy atom. The highest BCUT2D eigenvalue weighted by atomic mass is 32.1. The number of carbonyl (C=O) groups is 1. The van der Waals surface area contributed by atoms with E-state index in [4.69, 9.17) is 19.2 Å². The van der Waals surface area contributed by atoms with E-state index in [9.17, 15) is 14.0 Å². The fraction of sp³-hybridized carbons (Fsp3) is 0.225. The number of fused-ring (bicyclic) bond motifs is 1. The number of halogens is 1. The van der Waals surface area contributed by atoms with Gasteiger partial charge in [-0.15, -0.1) is 0 Å². The summed E-state index contributed by atoms with van der Waals surface area (Å²) >= 11 is 1.26. The van der Waals surface area contributed by atoms with Crippen LogP contribution in [0.25, 0.3) is 11.8 Å². The van der Waals surface area contributed by atoms with E-state index in [0.717, 1.165) is 27.8 Å². The molecule has 0 N–H and O–H groups in total. The van der Waals surface area contributed by atoms with Gasteiger partial charge < -0.3 is 14.2 Å². The van der Waals surface area contributed by atoms with Crippen molar-refractivity contribution in [3.8, 4) is 11.5 Å². The molecule has 9 heteroatoms. The third-order valence-electron chi connectivity index (χ3n) is 8.17. The number of benzene rings is 4. The first-order valence-corrected chi connectivity index (χ1v) is 17.1. The molecule has 1 aliphatic heterocycles. The lowest BCUT2D eigenvalue weighted by Crippen LogP contribution is -2.40. The van der Waals surface area contributed by atoms with Crippen LogP contribution in [0.1, 0.15) is 67.5 Å². The maximum Gasteiger partial charge on any atom is 0.338 e. The Kier molecular flexibility index (Phi) is 10.2. The summed E-state index contributed by atoms with van der Waals surface area (Å²) in [5.74, 6) is 0.538. The number of hydrogen-bond acceptors (Lipinski definition) is 7. The molecule has 0 aliphatic carbocycles. The number of aromatic nitrogens is 1. The van der Waals surface area contributed by atoms with Crippen LogP contribution in [0, 0.1) is 5.82 Å². The van der Waals surface area contributed by atoms with Crippen molar-refractivity contribution in [1.29, 1.82) is 0 Å². The van der Waals surface area contributed by atoms with Gasteiger partial charge >= 0.3 is 5.97 Å². The van der Waals surface area contributed by atoms with Crippen LogP contribution in [0.15, 0.2) is 112 Å². The third-order valence-corrected chi connectivity index (χ3v) is 9.15. The zero-order chi connectivity index (χ0) is 34.5. The minimum Gasteiger partial charge on any atom is -0.490 e. The number of hydrogen-bond donors (Lipinski definition) is 0. The van der Waals surface area contributed by atoms with Gasteiger partial charge in [-0.25, -0.2) is 14.2 Å². The van der Waals surface area contributed by atoms with E-state index < -0.39 is 12.0 Å². The molecule has 5 aromatic rings. The molecular formula is C40H37FN2O5S. The lowest BCUT2D eigenvalue weighted by atomic mass is 9.91. The van der Waals surface area contributed by atoms with Gasteiger partial charge in [0.2, 0.25) is 0 Å². The van der Waals surface area contributed by atoms with E-state index in [0.29, 0.717) is 44.6 Å². The summed E-state index contributed by atoms with van der Waals surface area (Å²) in [5.41, 5.74) is 4.75. The molecule has 0 bridgehead atoms. The quantitative estimate of drug-likeness (QED) is 0.139. The number of thiazole rings is 1. The number of nitrogens with zero attached hydrogens (tertiary/aromatic N) is 2. The summed E-state index contributed by atoms with van der Waals surface area (Å²) in [5, 5.41) is 0. The summed E-state index contributed by atoms with van der Waals surface area (Å²) in [6.45, 7) is 8.72. The monoisotopic (exact) mass is 676 g/mol. The van der Waals surface area contributed by atoms with E-state index >= 15 is 0 Å². The van der Waals surface area contributed by atoms with Gasteiger partial charge in [0.15, 0.2) is 16.3 Å². The molecule has 1 aromatic heterocycles. The van der Waals surface area contributed by atoms with Crippen molar-refractivity contribution in [2.75, 3.05) is 13.2 Å². The Bertz CT molecular complexity index is 2170. The summed E-state index contributed by atoms with van der Waals surface area (Å²) < 4.78 is 32.9. The smallest absolute Gasteiger partial charge is 0.338 e. The van der Waals surface area contributed by atoms with Gasteiger partial charge in [-0.3, -0.25) is 9.36 Å². The van der Waals surface area contributed by atoms with Crippen LogP contribution in [0.4, 0.5) is 4.39 Å². The SMILES string of the molecule is CCOC(=O)C1=C(c2ccccc2)N=c2s/c(=C\c3ccc(OCc4ccc(F)cc4)c(OCC)c3)c(=O)n2[C@H]1c1ccc(C(C)C)cc1. The molecule has 0 unspecified atom stereocenters. The summed E-state index contributed by atoms with van der Waals surface area (Å²) in [6.07, 6.45) is 1.80. The highest BCUT2D eigenvalue weighted by Gasteiger charge is 2.35. The molecule has 250 valence electrons. The normalized spacial score (nSPS) is 14.4. The largest absolute Gasteiger partial charge is 0.490 e. The standard InChI is InChI=1S/C40H37FN2O5S/c1-5-46-33-22-27(14-21-32(33)48-24-26-12-19-31(41)20-13-26)23-34-38(44)43-37(30-17-15-28(16-18-30)25(3)4)35(39(45)47-6-2)36(42-40(43)49-34)29-10-8-7-9-11-29/h7-23,25,37H,5-6,24H2,1-4H3/b34-23-/t37-/m0/s1. The highest BCUT2D eigenvalue weighted by molar-refractivity contribution is 7.07. The van der Waals surface area contributed by atoms with Gasteiger partial charge in [0.25, 0.3) is 5.56 Å². The van der Waals surface area contributed by atoms with Gasteiger partial charge in [0, 0.05) is 5.56 Å². The van der Waals surface area contributed by atoms with Crippen LogP contribution in [0.2, 0.25) is 0 Å². The van der Waals surface area contributed by atoms with Crippen LogP contribution in [0.3, 0.4) is 0 Å². The lowest BCUT2D eigenvalue weighted by molar-refractivity contribution is -0.138. The number of ether oxygens (including phenoxy) is 3. The molecule has 0 saturated carbocycles. The van der Waals surface area contributed by atoms with E-state index in [1.54, 1.807) is 35.8 Å². The number of rotatable bonds is 11. The Labute approximate surface area is 288 Å². The molecule has 49 heavy (non-hydrogen) atoms. The van der Waals surface area contributed by atoms with E-state index in [1.807, 2.05) is 73.7 Å². The zero-order valence-electron chi connectivity index (χ0n) is 27.8. The second kappa shape index (κ2) is 14.9. The first kappa shape index (κ1) is 33.6. The average molecular weight is 677 g/mol. The fourth-order valence-corrected chi connectivity index (χ4v) is 6.72. The number of carbonyl (C=O) groups excluding carboxylic acids is 1. The predicted octanol–water partition coefficient (Wildman–Crippen LogP) is 7.18. The molecule has 1 atom stereocenters. The maximum absolute atomic E-state index is 14.3. The van der Waals surface area contributed by atoms with E-state index in [1.165, 1.54) is 23.5 Å². The first-order valence-electron chi connectivity index (χ1n) is 16.3. The summed E-state index contributed by atoms with van der Waals surface area (Å²) in [7, 11) is 0. The van der Waals surface area contributed by atoms with Crippen molar-refractivity contribution in [2.45, 2.75) is 46.3 Å². The molecule has 6 rings (SSSR count). The minimum atomic E-state index is -0.755. The van der Waals surface area contributed by atoms with Gasteiger partial charge in [0.1, 0.15) is 12.4 Å². The molecule has 0 amide bonds. The predicted molar refractivity (Wildman–Crippen MR) is 190 cm³/mol. The van der Waals surface area contributed by atoms with Crippen molar-refractivity contribution < 1.29 is 23.4 Å². The van der Waals surface area contributed by atoms with E-state index in [2.05, 4.69) is 13.8 Å². The lowest BCUT2D eigenvalue weighted by Gasteiger charge is -2.26. The van der Waals surface area contributed by atoms with Crippen molar-refractivity contribution in [3.63, 3.8) is 0 Å². The maximum atomic E-state index is 14.3. The Morgan fingerprint density at radius 3 is 2.33 bits per heavy atom. The molecule has 1 aliphatic rings. The summed E-state index contributed by atoms with van der Waals surface area (Å²) in [6, 6.07) is 28.4. The molecule has 7 nitrogen and oxygen atoms in total. The first-order chi connectivity index (χ1) is 23.8. The van der Waals surface area contributed by atoms with Crippen LogP contribution >= 0.6 is 11.3 Å². The van der Waals surface area contributed by atoms with Crippen LogP contribution in [-0.4, -0.2) is 23.8 Å². The van der Waals surface area contributed by atoms with Gasteiger partial charge in [-0.05, 0) is 72.4 Å². The van der Waals surface area contributed by atoms with Crippen LogP contribution in [0.5, 0.6) is 11.5 Å². The van der Waals surface area contributed by atoms with Gasteiger partial charge in [0.05, 0.1) is 35.1 Å². The van der Waals surface area contributed by atoms with Crippen molar-refractivity contribution >= 4 is 29.1 Å². The van der Waals surface area contributed by atoms with Crippen molar-refractivity contribution in [1.82, 2.24) is 4.57 Å². The molecule has 0 fully saturated rings. The Hall–Kier alpha value is -5.28. The highest BCUT2D eigenvalue weighted by Crippen LogP contribution is 2.36. The summed E-state index contributed by atoms with van der Waals surface area (Å²) in [4.78, 5) is 33.5. The molecule has 0 radical (unpaired) electrons. The molecule has 4 aromatic carbocycles. The Balaban J connectivity index is 1.47. The molecule has 2 heterocycles. The molecule has 0 saturated heterocycles. The van der Waals surface area contributed by atoms with E-state index in [-0.39, 0.29) is 24.6 Å². The third kappa shape index (κ3) is 7.27. The topological polar surface area (TPSA) is 79.1 Å². The van der Waals surface area contributed by atoms with Gasteiger partial charge in [-0.1, -0.05) is 98.0 Å². The van der Waals surface area contributed by atoms with Crippen LogP contribution < -0.4 is 24.4 Å². The van der Waals surface area contributed by atoms with Crippen LogP contribution in [-0.2, 0) is 16.1 Å². The molecule has 0 spiro atoms. The Morgan fingerprint density at radius 2 is 1.65 bits per heavy atom. The zero-order valence-corrected chi connectivity index (χ0v) is 28.6.